The Morgan fingerprint density at radius 1 is 0.767 bits per heavy atom. The molecule has 150 valence electrons. The molecule has 3 aromatic rings. The lowest BCUT2D eigenvalue weighted by Gasteiger charge is -2.28. The molecule has 0 spiro atoms. The second kappa shape index (κ2) is 7.31. The van der Waals surface area contributed by atoms with Crippen LogP contribution in [0.3, 0.4) is 0 Å². The molecule has 6 nitrogen and oxygen atoms in total. The van der Waals surface area contributed by atoms with Gasteiger partial charge in [-0.25, -0.2) is 9.96 Å². The minimum atomic E-state index is -0.870. The van der Waals surface area contributed by atoms with Gasteiger partial charge in [0, 0.05) is 0 Å². The van der Waals surface area contributed by atoms with Gasteiger partial charge in [-0.15, -0.1) is 0 Å². The first-order chi connectivity index (χ1) is 14.7. The van der Waals surface area contributed by atoms with Crippen molar-refractivity contribution in [1.29, 1.82) is 0 Å². The molecule has 2 aliphatic rings. The second-order valence-corrected chi connectivity index (χ2v) is 7.28. The van der Waals surface area contributed by atoms with Crippen LogP contribution in [0.25, 0.3) is 0 Å². The van der Waals surface area contributed by atoms with Crippen LogP contribution in [0.5, 0.6) is 5.75 Å². The molecule has 3 aromatic carbocycles. The molecule has 0 unspecified atom stereocenters. The predicted molar refractivity (Wildman–Crippen MR) is 112 cm³/mol. The Bertz CT molecular complexity index is 1070. The third-order valence-electron chi connectivity index (χ3n) is 5.60. The number of ether oxygens (including phenoxy) is 1. The zero-order valence-corrected chi connectivity index (χ0v) is 16.3. The fourth-order valence-electron chi connectivity index (χ4n) is 4.19. The van der Waals surface area contributed by atoms with E-state index in [1.807, 2.05) is 72.8 Å². The quantitative estimate of drug-likeness (QED) is 0.625. The van der Waals surface area contributed by atoms with E-state index in [4.69, 9.17) is 9.57 Å². The van der Waals surface area contributed by atoms with Gasteiger partial charge in [-0.2, -0.15) is 0 Å². The fraction of sp³-hybridized carbons (Fsp3) is 0.167. The van der Waals surface area contributed by atoms with Crippen LogP contribution in [-0.4, -0.2) is 25.0 Å². The van der Waals surface area contributed by atoms with Gasteiger partial charge in [0.15, 0.2) is 6.10 Å². The number of nitrogens with zero attached hydrogens (tertiary/aromatic N) is 2. The second-order valence-electron chi connectivity index (χ2n) is 7.28. The zero-order valence-electron chi connectivity index (χ0n) is 16.3. The fourth-order valence-corrected chi connectivity index (χ4v) is 4.19. The molecule has 30 heavy (non-hydrogen) atoms. The van der Waals surface area contributed by atoms with Gasteiger partial charge in [-0.05, 0) is 42.0 Å². The van der Waals surface area contributed by atoms with Crippen molar-refractivity contribution in [3.05, 3.63) is 90.5 Å². The standard InChI is InChI=1S/C24H20N2O4/c1-29-19-14-12-18(13-15-19)26-21(16-8-4-2-5-9-16)20-22(30-26)24(28)25(23(20)27)17-10-6-3-7-11-17/h2-15,20-22H,1H3/t20-,21-,22-/m1/s1. The van der Waals surface area contributed by atoms with Gasteiger partial charge in [-0.3, -0.25) is 14.4 Å². The van der Waals surface area contributed by atoms with E-state index in [9.17, 15) is 9.59 Å². The Hall–Kier alpha value is -3.64. The highest BCUT2D eigenvalue weighted by molar-refractivity contribution is 6.23. The Kier molecular flexibility index (Phi) is 4.48. The highest BCUT2D eigenvalue weighted by atomic mass is 16.7. The van der Waals surface area contributed by atoms with Crippen molar-refractivity contribution in [1.82, 2.24) is 0 Å². The van der Waals surface area contributed by atoms with Gasteiger partial charge < -0.3 is 4.74 Å². The van der Waals surface area contributed by atoms with Gasteiger partial charge >= 0.3 is 0 Å². The van der Waals surface area contributed by atoms with Crippen LogP contribution in [0.1, 0.15) is 11.6 Å². The van der Waals surface area contributed by atoms with Gasteiger partial charge in [-0.1, -0.05) is 48.5 Å². The molecule has 0 radical (unpaired) electrons. The van der Waals surface area contributed by atoms with E-state index in [0.717, 1.165) is 17.0 Å². The Morgan fingerprint density at radius 2 is 1.40 bits per heavy atom. The molecule has 2 amide bonds. The third-order valence-corrected chi connectivity index (χ3v) is 5.60. The van der Waals surface area contributed by atoms with E-state index < -0.39 is 18.1 Å². The number of methoxy groups -OCH3 is 1. The number of carbonyl (C=O) groups excluding carboxylic acids is 2. The van der Waals surface area contributed by atoms with Crippen LogP contribution in [0, 0.1) is 5.92 Å². The maximum Gasteiger partial charge on any atom is 0.266 e. The third kappa shape index (κ3) is 2.84. The maximum absolute atomic E-state index is 13.4. The first-order valence-electron chi connectivity index (χ1n) is 9.77. The van der Waals surface area contributed by atoms with E-state index in [2.05, 4.69) is 0 Å². The molecule has 2 saturated heterocycles. The van der Waals surface area contributed by atoms with Crippen molar-refractivity contribution in [2.24, 2.45) is 5.92 Å². The molecule has 3 atom stereocenters. The van der Waals surface area contributed by atoms with Crippen LogP contribution in [0.2, 0.25) is 0 Å². The lowest BCUT2D eigenvalue weighted by Crippen LogP contribution is -2.37. The summed E-state index contributed by atoms with van der Waals surface area (Å²) in [5, 5.41) is 1.68. The Balaban J connectivity index is 1.56. The average molecular weight is 400 g/mol. The number of imide groups is 1. The van der Waals surface area contributed by atoms with E-state index in [0.29, 0.717) is 5.69 Å². The number of fused-ring (bicyclic) bond motifs is 1. The zero-order chi connectivity index (χ0) is 20.7. The Morgan fingerprint density at radius 3 is 2.03 bits per heavy atom. The van der Waals surface area contributed by atoms with E-state index in [1.165, 1.54) is 4.90 Å². The largest absolute Gasteiger partial charge is 0.497 e. The molecule has 0 N–H and O–H groups in total. The Labute approximate surface area is 174 Å². The van der Waals surface area contributed by atoms with Crippen LogP contribution < -0.4 is 14.7 Å². The number of anilines is 2. The van der Waals surface area contributed by atoms with Crippen LogP contribution in [0.15, 0.2) is 84.9 Å². The van der Waals surface area contributed by atoms with Crippen molar-refractivity contribution in [2.75, 3.05) is 17.1 Å². The minimum Gasteiger partial charge on any atom is -0.497 e. The molecule has 2 fully saturated rings. The summed E-state index contributed by atoms with van der Waals surface area (Å²) >= 11 is 0. The molecule has 0 saturated carbocycles. The van der Waals surface area contributed by atoms with Gasteiger partial charge in [0.05, 0.1) is 24.5 Å². The van der Waals surface area contributed by atoms with Crippen molar-refractivity contribution < 1.29 is 19.2 Å². The summed E-state index contributed by atoms with van der Waals surface area (Å²) in [6.07, 6.45) is -0.870. The number of carbonyl (C=O) groups is 2. The van der Waals surface area contributed by atoms with Crippen LogP contribution >= 0.6 is 0 Å². The maximum atomic E-state index is 13.4. The number of hydroxylamine groups is 1. The highest BCUT2D eigenvalue weighted by Gasteiger charge is 2.60. The number of para-hydroxylation sites is 1. The first kappa shape index (κ1) is 18.4. The van der Waals surface area contributed by atoms with Gasteiger partial charge in [0.1, 0.15) is 11.7 Å². The molecule has 0 aliphatic carbocycles. The lowest BCUT2D eigenvalue weighted by molar-refractivity contribution is -0.126. The number of hydrogen-bond donors (Lipinski definition) is 0. The number of hydrogen-bond acceptors (Lipinski definition) is 5. The van der Waals surface area contributed by atoms with Crippen molar-refractivity contribution >= 4 is 23.2 Å². The predicted octanol–water partition coefficient (Wildman–Crippen LogP) is 3.75. The van der Waals surface area contributed by atoms with Gasteiger partial charge in [0.2, 0.25) is 5.91 Å². The van der Waals surface area contributed by atoms with Crippen LogP contribution in [0.4, 0.5) is 11.4 Å². The summed E-state index contributed by atoms with van der Waals surface area (Å²) in [6.45, 7) is 0. The number of rotatable bonds is 4. The van der Waals surface area contributed by atoms with Crippen molar-refractivity contribution in [2.45, 2.75) is 12.1 Å². The molecular weight excluding hydrogens is 380 g/mol. The first-order valence-corrected chi connectivity index (χ1v) is 9.77. The van der Waals surface area contributed by atoms with Crippen molar-refractivity contribution in [3.8, 4) is 5.75 Å². The summed E-state index contributed by atoms with van der Waals surface area (Å²) in [6, 6.07) is 25.6. The molecule has 2 aliphatic heterocycles. The summed E-state index contributed by atoms with van der Waals surface area (Å²) in [7, 11) is 1.61. The average Bonchev–Trinajstić information content (AvgIpc) is 3.31. The molecule has 0 bridgehead atoms. The normalized spacial score (nSPS) is 23.0. The number of amides is 2. The molecule has 0 aromatic heterocycles. The molecular formula is C24H20N2O4. The van der Waals surface area contributed by atoms with E-state index >= 15 is 0 Å². The van der Waals surface area contributed by atoms with Gasteiger partial charge in [0.25, 0.3) is 5.91 Å². The summed E-state index contributed by atoms with van der Waals surface area (Å²) < 4.78 is 5.24. The van der Waals surface area contributed by atoms with E-state index in [-0.39, 0.29) is 11.8 Å². The highest BCUT2D eigenvalue weighted by Crippen LogP contribution is 2.47. The monoisotopic (exact) mass is 400 g/mol. The summed E-state index contributed by atoms with van der Waals surface area (Å²) in [4.78, 5) is 34.0. The SMILES string of the molecule is COc1ccc(N2O[C@H]3C(=O)N(c4ccccc4)C(=O)[C@@H]3[C@H]2c2ccccc2)cc1. The van der Waals surface area contributed by atoms with Crippen molar-refractivity contribution in [3.63, 3.8) is 0 Å². The molecule has 5 rings (SSSR count). The summed E-state index contributed by atoms with van der Waals surface area (Å²) in [5.41, 5.74) is 2.23. The minimum absolute atomic E-state index is 0.249. The van der Waals surface area contributed by atoms with E-state index in [1.54, 1.807) is 24.3 Å². The topological polar surface area (TPSA) is 59.1 Å². The summed E-state index contributed by atoms with van der Waals surface area (Å²) in [5.74, 6) is -0.506. The molecule has 6 heteroatoms. The lowest BCUT2D eigenvalue weighted by atomic mass is 9.90. The smallest absolute Gasteiger partial charge is 0.266 e. The van der Waals surface area contributed by atoms with Crippen LogP contribution in [-0.2, 0) is 14.4 Å². The molecule has 2 heterocycles. The number of benzene rings is 3.